The molecule has 3 rings (SSSR count). The van der Waals surface area contributed by atoms with Crippen LogP contribution in [0.25, 0.3) is 10.9 Å². The van der Waals surface area contributed by atoms with E-state index in [0.717, 1.165) is 11.1 Å². The van der Waals surface area contributed by atoms with Crippen molar-refractivity contribution in [2.45, 2.75) is 31.6 Å². The summed E-state index contributed by atoms with van der Waals surface area (Å²) in [5.41, 5.74) is 3.67. The second-order valence-electron chi connectivity index (χ2n) is 4.75. The lowest BCUT2D eigenvalue weighted by atomic mass is 10.0. The van der Waals surface area contributed by atoms with Gasteiger partial charge in [0.15, 0.2) is 0 Å². The molecule has 0 amide bonds. The highest BCUT2D eigenvalue weighted by atomic mass is 16.4. The Morgan fingerprint density at radius 3 is 2.94 bits per heavy atom. The molecule has 0 radical (unpaired) electrons. The topological polar surface area (TPSA) is 53.1 Å². The van der Waals surface area contributed by atoms with Crippen molar-refractivity contribution in [1.29, 1.82) is 0 Å². The molecule has 0 bridgehead atoms. The van der Waals surface area contributed by atoms with Crippen LogP contribution in [-0.4, -0.2) is 16.1 Å². The van der Waals surface area contributed by atoms with Crippen LogP contribution in [0.15, 0.2) is 24.4 Å². The Kier molecular flexibility index (Phi) is 2.39. The van der Waals surface area contributed by atoms with Gasteiger partial charge in [-0.1, -0.05) is 12.1 Å². The minimum Gasteiger partial charge on any atom is -0.481 e. The summed E-state index contributed by atoms with van der Waals surface area (Å²) in [5.74, 6) is -0.0404. The van der Waals surface area contributed by atoms with E-state index in [1.165, 1.54) is 23.8 Å². The van der Waals surface area contributed by atoms with E-state index >= 15 is 0 Å². The molecule has 0 spiro atoms. The van der Waals surface area contributed by atoms with E-state index in [9.17, 15) is 4.79 Å². The Bertz CT molecular complexity index is 567. The first-order chi connectivity index (χ1) is 8.25. The second kappa shape index (κ2) is 3.91. The molecule has 88 valence electrons. The predicted octanol–water partition coefficient (Wildman–Crippen LogP) is 3.06. The Hall–Kier alpha value is -1.77. The Balaban J connectivity index is 2.02. The van der Waals surface area contributed by atoms with Gasteiger partial charge >= 0.3 is 5.97 Å². The number of aromatic amines is 1. The number of nitrogens with one attached hydrogen (secondary N) is 1. The van der Waals surface area contributed by atoms with E-state index < -0.39 is 5.97 Å². The molecule has 0 unspecified atom stereocenters. The third-order valence-electron chi connectivity index (χ3n) is 3.45. The third kappa shape index (κ3) is 1.93. The number of carbonyl (C=O) groups is 1. The van der Waals surface area contributed by atoms with Crippen LogP contribution >= 0.6 is 0 Å². The van der Waals surface area contributed by atoms with E-state index in [1.54, 1.807) is 0 Å². The molecule has 3 heteroatoms. The molecule has 3 nitrogen and oxygen atoms in total. The van der Waals surface area contributed by atoms with Gasteiger partial charge in [0, 0.05) is 23.5 Å². The average Bonchev–Trinajstić information content (AvgIpc) is 3.07. The number of hydrogen-bond acceptors (Lipinski definition) is 1. The van der Waals surface area contributed by atoms with Gasteiger partial charge < -0.3 is 10.1 Å². The van der Waals surface area contributed by atoms with Gasteiger partial charge in [0.2, 0.25) is 0 Å². The minimum atomic E-state index is -0.733. The fourth-order valence-electron chi connectivity index (χ4n) is 2.46. The van der Waals surface area contributed by atoms with Gasteiger partial charge in [-0.3, -0.25) is 4.79 Å². The normalized spacial score (nSPS) is 15.3. The molecule has 1 fully saturated rings. The zero-order valence-corrected chi connectivity index (χ0v) is 9.57. The number of aliphatic carboxylic acids is 1. The van der Waals surface area contributed by atoms with E-state index in [4.69, 9.17) is 5.11 Å². The van der Waals surface area contributed by atoms with Gasteiger partial charge in [-0.15, -0.1) is 0 Å². The largest absolute Gasteiger partial charge is 0.481 e. The molecule has 1 aliphatic carbocycles. The Morgan fingerprint density at radius 2 is 2.24 bits per heavy atom. The van der Waals surface area contributed by atoms with E-state index in [1.807, 2.05) is 6.20 Å². The molecule has 0 aliphatic heterocycles. The summed E-state index contributed by atoms with van der Waals surface area (Å²) in [6.07, 6.45) is 5.30. The number of hydrogen-bond donors (Lipinski definition) is 2. The minimum absolute atomic E-state index is 0.200. The lowest BCUT2D eigenvalue weighted by Gasteiger charge is -2.03. The van der Waals surface area contributed by atoms with Gasteiger partial charge in [0.1, 0.15) is 0 Å². The van der Waals surface area contributed by atoms with Crippen LogP contribution in [0.5, 0.6) is 0 Å². The van der Waals surface area contributed by atoms with Crippen molar-refractivity contribution < 1.29 is 9.90 Å². The number of carboxylic acids is 1. The van der Waals surface area contributed by atoms with Crippen molar-refractivity contribution in [2.75, 3.05) is 0 Å². The van der Waals surface area contributed by atoms with E-state index in [0.29, 0.717) is 12.3 Å². The molecule has 1 aromatic carbocycles. The number of fused-ring (bicyclic) bond motifs is 1. The number of benzene rings is 1. The van der Waals surface area contributed by atoms with Crippen LogP contribution in [0.2, 0.25) is 0 Å². The molecular weight excluding hydrogens is 214 g/mol. The highest BCUT2D eigenvalue weighted by molar-refractivity contribution is 5.87. The smallest absolute Gasteiger partial charge is 0.303 e. The lowest BCUT2D eigenvalue weighted by molar-refractivity contribution is -0.136. The summed E-state index contributed by atoms with van der Waals surface area (Å²) in [7, 11) is 0. The number of aromatic nitrogens is 1. The standard InChI is InChI=1S/C14H15NO2/c16-13(17)7-6-10-8-15-12-3-1-2-11(14(10)12)9-4-5-9/h1-3,8-9,15H,4-7H2,(H,16,17). The van der Waals surface area contributed by atoms with Crippen molar-refractivity contribution in [3.05, 3.63) is 35.5 Å². The van der Waals surface area contributed by atoms with E-state index in [2.05, 4.69) is 23.2 Å². The molecule has 1 saturated carbocycles. The summed E-state index contributed by atoms with van der Waals surface area (Å²) >= 11 is 0. The molecule has 1 aromatic heterocycles. The quantitative estimate of drug-likeness (QED) is 0.846. The monoisotopic (exact) mass is 229 g/mol. The molecule has 1 aliphatic rings. The van der Waals surface area contributed by atoms with Crippen LogP contribution in [0.1, 0.15) is 36.3 Å². The van der Waals surface area contributed by atoms with Crippen LogP contribution in [0.4, 0.5) is 0 Å². The summed E-state index contributed by atoms with van der Waals surface area (Å²) in [5, 5.41) is 10.0. The number of H-pyrrole nitrogens is 1. The van der Waals surface area contributed by atoms with Gasteiger partial charge in [-0.05, 0) is 42.4 Å². The van der Waals surface area contributed by atoms with Crippen LogP contribution in [0.3, 0.4) is 0 Å². The first kappa shape index (κ1) is 10.4. The zero-order valence-electron chi connectivity index (χ0n) is 9.57. The maximum Gasteiger partial charge on any atom is 0.303 e. The number of aryl methyl sites for hydroxylation is 1. The van der Waals surface area contributed by atoms with Crippen molar-refractivity contribution in [3.63, 3.8) is 0 Å². The molecule has 2 N–H and O–H groups in total. The van der Waals surface area contributed by atoms with Crippen LogP contribution in [-0.2, 0) is 11.2 Å². The van der Waals surface area contributed by atoms with Gasteiger partial charge in [-0.25, -0.2) is 0 Å². The zero-order chi connectivity index (χ0) is 11.8. The fourth-order valence-corrected chi connectivity index (χ4v) is 2.46. The lowest BCUT2D eigenvalue weighted by Crippen LogP contribution is -1.97. The van der Waals surface area contributed by atoms with Crippen molar-refractivity contribution in [1.82, 2.24) is 4.98 Å². The second-order valence-corrected chi connectivity index (χ2v) is 4.75. The van der Waals surface area contributed by atoms with Crippen molar-refractivity contribution >= 4 is 16.9 Å². The maximum atomic E-state index is 10.7. The Labute approximate surface area is 99.5 Å². The van der Waals surface area contributed by atoms with Gasteiger partial charge in [0.25, 0.3) is 0 Å². The van der Waals surface area contributed by atoms with Crippen molar-refractivity contribution in [3.8, 4) is 0 Å². The molecular formula is C14H15NO2. The first-order valence-electron chi connectivity index (χ1n) is 6.06. The maximum absolute atomic E-state index is 10.7. The SMILES string of the molecule is O=C(O)CCc1c[nH]c2cccc(C3CC3)c12. The fraction of sp³-hybridized carbons (Fsp3) is 0.357. The predicted molar refractivity (Wildman–Crippen MR) is 66.2 cm³/mol. The van der Waals surface area contributed by atoms with Crippen molar-refractivity contribution in [2.24, 2.45) is 0 Å². The molecule has 0 atom stereocenters. The van der Waals surface area contributed by atoms with E-state index in [-0.39, 0.29) is 6.42 Å². The average molecular weight is 229 g/mol. The van der Waals surface area contributed by atoms with Gasteiger partial charge in [0.05, 0.1) is 0 Å². The number of rotatable bonds is 4. The summed E-state index contributed by atoms with van der Waals surface area (Å²) in [6.45, 7) is 0. The Morgan fingerprint density at radius 1 is 1.41 bits per heavy atom. The molecule has 17 heavy (non-hydrogen) atoms. The molecule has 2 aromatic rings. The number of carboxylic acid groups (broad SMARTS) is 1. The summed E-state index contributed by atoms with van der Waals surface area (Å²) in [4.78, 5) is 13.9. The highest BCUT2D eigenvalue weighted by Gasteiger charge is 2.26. The third-order valence-corrected chi connectivity index (χ3v) is 3.45. The molecule has 0 saturated heterocycles. The van der Waals surface area contributed by atoms with Crippen LogP contribution < -0.4 is 0 Å². The summed E-state index contributed by atoms with van der Waals surface area (Å²) < 4.78 is 0. The first-order valence-corrected chi connectivity index (χ1v) is 6.06. The summed E-state index contributed by atoms with van der Waals surface area (Å²) in [6, 6.07) is 6.32. The molecule has 1 heterocycles. The van der Waals surface area contributed by atoms with Gasteiger partial charge in [-0.2, -0.15) is 0 Å². The van der Waals surface area contributed by atoms with Crippen LogP contribution in [0, 0.1) is 0 Å². The highest BCUT2D eigenvalue weighted by Crippen LogP contribution is 2.43.